The van der Waals surface area contributed by atoms with Crippen molar-refractivity contribution in [3.8, 4) is 5.88 Å². The molecule has 0 saturated heterocycles. The summed E-state index contributed by atoms with van der Waals surface area (Å²) in [6, 6.07) is 6.68. The molecule has 2 aromatic rings. The van der Waals surface area contributed by atoms with E-state index in [4.69, 9.17) is 9.15 Å². The maximum absolute atomic E-state index is 12.0. The molecule has 1 amide bonds. The molecule has 0 radical (unpaired) electrons. The molecule has 0 saturated carbocycles. The lowest BCUT2D eigenvalue weighted by Crippen LogP contribution is -2.14. The van der Waals surface area contributed by atoms with E-state index < -0.39 is 0 Å². The summed E-state index contributed by atoms with van der Waals surface area (Å²) in [5.74, 6) is 0.245. The first-order chi connectivity index (χ1) is 9.06. The van der Waals surface area contributed by atoms with Crippen LogP contribution in [-0.2, 0) is 0 Å². The molecule has 100 valence electrons. The molecule has 2 rings (SSSR count). The summed E-state index contributed by atoms with van der Waals surface area (Å²) in [4.78, 5) is 16.1. The van der Waals surface area contributed by atoms with Crippen molar-refractivity contribution < 1.29 is 13.9 Å². The van der Waals surface area contributed by atoms with E-state index >= 15 is 0 Å². The molecule has 0 aliphatic heterocycles. The molecule has 0 aliphatic carbocycles. The minimum absolute atomic E-state index is 0.0247. The molecular formula is C13H13BrN2O3. The summed E-state index contributed by atoms with van der Waals surface area (Å²) >= 11 is 3.15. The number of anilines is 1. The molecule has 1 N–H and O–H groups in total. The zero-order valence-electron chi connectivity index (χ0n) is 10.5. The van der Waals surface area contributed by atoms with E-state index in [1.165, 1.54) is 0 Å². The van der Waals surface area contributed by atoms with Crippen LogP contribution < -0.4 is 10.1 Å². The Kier molecular flexibility index (Phi) is 4.21. The van der Waals surface area contributed by atoms with Crippen molar-refractivity contribution >= 4 is 27.5 Å². The number of carbonyl (C=O) groups is 1. The number of aromatic nitrogens is 1. The largest absolute Gasteiger partial charge is 0.473 e. The van der Waals surface area contributed by atoms with E-state index in [0.29, 0.717) is 16.2 Å². The van der Waals surface area contributed by atoms with Crippen LogP contribution in [0.4, 0.5) is 5.69 Å². The molecule has 0 aliphatic rings. The number of furan rings is 1. The van der Waals surface area contributed by atoms with Gasteiger partial charge >= 0.3 is 0 Å². The fourth-order valence-corrected chi connectivity index (χ4v) is 1.73. The number of ether oxygens (including phenoxy) is 1. The SMILES string of the molecule is CC(C)Oc1ncccc1NC(=O)c1ccc(Br)o1. The Morgan fingerprint density at radius 1 is 1.42 bits per heavy atom. The van der Waals surface area contributed by atoms with E-state index in [1.54, 1.807) is 30.5 Å². The Hall–Kier alpha value is -1.82. The average molecular weight is 325 g/mol. The molecule has 0 atom stereocenters. The third-order valence-electron chi connectivity index (χ3n) is 2.16. The predicted octanol–water partition coefficient (Wildman–Crippen LogP) is 3.48. The smallest absolute Gasteiger partial charge is 0.291 e. The minimum atomic E-state index is -0.354. The third kappa shape index (κ3) is 3.57. The molecule has 0 aromatic carbocycles. The van der Waals surface area contributed by atoms with Gasteiger partial charge in [-0.2, -0.15) is 0 Å². The number of pyridine rings is 1. The van der Waals surface area contributed by atoms with Gasteiger partial charge in [-0.1, -0.05) is 0 Å². The van der Waals surface area contributed by atoms with Gasteiger partial charge in [0.2, 0.25) is 5.88 Å². The average Bonchev–Trinajstić information content (AvgIpc) is 2.78. The summed E-state index contributed by atoms with van der Waals surface area (Å²) in [6.07, 6.45) is 1.58. The predicted molar refractivity (Wildman–Crippen MR) is 74.4 cm³/mol. The van der Waals surface area contributed by atoms with Crippen molar-refractivity contribution in [1.29, 1.82) is 0 Å². The van der Waals surface area contributed by atoms with Gasteiger partial charge in [-0.3, -0.25) is 4.79 Å². The van der Waals surface area contributed by atoms with Crippen molar-refractivity contribution in [3.63, 3.8) is 0 Å². The molecule has 2 heterocycles. The molecule has 2 aromatic heterocycles. The van der Waals surface area contributed by atoms with Gasteiger partial charge in [-0.05, 0) is 54.0 Å². The van der Waals surface area contributed by atoms with Gasteiger partial charge in [0.1, 0.15) is 5.69 Å². The number of rotatable bonds is 4. The Balaban J connectivity index is 2.16. The van der Waals surface area contributed by atoms with Crippen LogP contribution >= 0.6 is 15.9 Å². The summed E-state index contributed by atoms with van der Waals surface area (Å²) in [6.45, 7) is 3.79. The lowest BCUT2D eigenvalue weighted by molar-refractivity contribution is 0.0994. The highest BCUT2D eigenvalue weighted by Crippen LogP contribution is 2.23. The quantitative estimate of drug-likeness (QED) is 0.935. The summed E-state index contributed by atoms with van der Waals surface area (Å²) < 4.78 is 11.2. The zero-order valence-corrected chi connectivity index (χ0v) is 12.1. The van der Waals surface area contributed by atoms with E-state index in [0.717, 1.165) is 0 Å². The molecule has 0 fully saturated rings. The maximum Gasteiger partial charge on any atom is 0.291 e. The summed E-state index contributed by atoms with van der Waals surface area (Å²) in [7, 11) is 0. The first-order valence-electron chi connectivity index (χ1n) is 5.74. The lowest BCUT2D eigenvalue weighted by atomic mass is 10.3. The first-order valence-corrected chi connectivity index (χ1v) is 6.54. The Morgan fingerprint density at radius 3 is 2.84 bits per heavy atom. The Bertz CT molecular complexity index is 581. The van der Waals surface area contributed by atoms with Gasteiger partial charge in [0.05, 0.1) is 6.10 Å². The highest BCUT2D eigenvalue weighted by molar-refractivity contribution is 9.10. The molecule has 6 heteroatoms. The van der Waals surface area contributed by atoms with Gasteiger partial charge < -0.3 is 14.5 Å². The highest BCUT2D eigenvalue weighted by Gasteiger charge is 2.14. The van der Waals surface area contributed by atoms with Crippen LogP contribution in [0, 0.1) is 0 Å². The summed E-state index contributed by atoms with van der Waals surface area (Å²) in [5, 5.41) is 2.70. The lowest BCUT2D eigenvalue weighted by Gasteiger charge is -2.12. The first kappa shape index (κ1) is 13.6. The molecule has 0 unspecified atom stereocenters. The second-order valence-corrected chi connectivity index (χ2v) is 4.86. The zero-order chi connectivity index (χ0) is 13.8. The third-order valence-corrected chi connectivity index (χ3v) is 2.59. The second-order valence-electron chi connectivity index (χ2n) is 4.08. The molecule has 5 nitrogen and oxygen atoms in total. The maximum atomic E-state index is 12.0. The van der Waals surface area contributed by atoms with Gasteiger partial charge in [0.15, 0.2) is 10.4 Å². The second kappa shape index (κ2) is 5.88. The van der Waals surface area contributed by atoms with Crippen LogP contribution in [0.2, 0.25) is 0 Å². The molecule has 0 bridgehead atoms. The van der Waals surface area contributed by atoms with Gasteiger partial charge in [0.25, 0.3) is 5.91 Å². The fourth-order valence-electron chi connectivity index (χ4n) is 1.42. The van der Waals surface area contributed by atoms with E-state index in [1.807, 2.05) is 13.8 Å². The van der Waals surface area contributed by atoms with Crippen LogP contribution in [0.1, 0.15) is 24.4 Å². The van der Waals surface area contributed by atoms with Crippen LogP contribution in [0.3, 0.4) is 0 Å². The number of hydrogen-bond acceptors (Lipinski definition) is 4. The highest BCUT2D eigenvalue weighted by atomic mass is 79.9. The Labute approximate surface area is 119 Å². The summed E-state index contributed by atoms with van der Waals surface area (Å²) in [5.41, 5.74) is 0.508. The van der Waals surface area contributed by atoms with E-state index in [-0.39, 0.29) is 17.8 Å². The van der Waals surface area contributed by atoms with Crippen molar-refractivity contribution in [2.24, 2.45) is 0 Å². The van der Waals surface area contributed by atoms with Gasteiger partial charge in [-0.25, -0.2) is 4.98 Å². The molecule has 19 heavy (non-hydrogen) atoms. The Morgan fingerprint density at radius 2 is 2.21 bits per heavy atom. The van der Waals surface area contributed by atoms with Crippen LogP contribution in [0.15, 0.2) is 39.5 Å². The van der Waals surface area contributed by atoms with Gasteiger partial charge in [-0.15, -0.1) is 0 Å². The normalized spacial score (nSPS) is 10.5. The van der Waals surface area contributed by atoms with Gasteiger partial charge in [0, 0.05) is 6.20 Å². The molecular weight excluding hydrogens is 312 g/mol. The number of nitrogens with one attached hydrogen (secondary N) is 1. The van der Waals surface area contributed by atoms with E-state index in [9.17, 15) is 4.79 Å². The molecule has 0 spiro atoms. The standard InChI is InChI=1S/C13H13BrN2O3/c1-8(2)18-13-9(4-3-7-15-13)16-12(17)10-5-6-11(14)19-10/h3-8H,1-2H3,(H,16,17). The minimum Gasteiger partial charge on any atom is -0.473 e. The van der Waals surface area contributed by atoms with Crippen LogP contribution in [0.25, 0.3) is 0 Å². The number of hydrogen-bond donors (Lipinski definition) is 1. The van der Waals surface area contributed by atoms with Crippen LogP contribution in [-0.4, -0.2) is 17.0 Å². The monoisotopic (exact) mass is 324 g/mol. The van der Waals surface area contributed by atoms with Crippen molar-refractivity contribution in [3.05, 3.63) is 40.9 Å². The van der Waals surface area contributed by atoms with Crippen molar-refractivity contribution in [2.75, 3.05) is 5.32 Å². The number of nitrogens with zero attached hydrogens (tertiary/aromatic N) is 1. The number of halogens is 1. The van der Waals surface area contributed by atoms with E-state index in [2.05, 4.69) is 26.2 Å². The van der Waals surface area contributed by atoms with Crippen LogP contribution in [0.5, 0.6) is 5.88 Å². The topological polar surface area (TPSA) is 64.4 Å². The van der Waals surface area contributed by atoms with Crippen molar-refractivity contribution in [2.45, 2.75) is 20.0 Å². The van der Waals surface area contributed by atoms with Crippen molar-refractivity contribution in [1.82, 2.24) is 4.98 Å². The number of amides is 1. The number of carbonyl (C=O) groups excluding carboxylic acids is 1. The fraction of sp³-hybridized carbons (Fsp3) is 0.231.